The van der Waals surface area contributed by atoms with Crippen molar-refractivity contribution < 1.29 is 22.4 Å². The summed E-state index contributed by atoms with van der Waals surface area (Å²) in [6.07, 6.45) is 3.98. The van der Waals surface area contributed by atoms with Gasteiger partial charge < -0.3 is 10.2 Å². The third kappa shape index (κ3) is 8.18. The predicted octanol–water partition coefficient (Wildman–Crippen LogP) is 6.48. The Hall–Kier alpha value is -4.02. The van der Waals surface area contributed by atoms with E-state index >= 15 is 4.39 Å². The molecule has 5 rings (SSSR count). The first kappa shape index (κ1) is 32.4. The number of anilines is 1. The van der Waals surface area contributed by atoms with Crippen molar-refractivity contribution in [1.82, 2.24) is 10.2 Å². The second kappa shape index (κ2) is 14.8. The first-order valence-corrected chi connectivity index (χ1v) is 17.2. The maximum absolute atomic E-state index is 15.2. The molecular weight excluding hydrogens is 657 g/mol. The maximum Gasteiger partial charge on any atom is 0.264 e. The van der Waals surface area contributed by atoms with Crippen molar-refractivity contribution in [2.75, 3.05) is 10.8 Å². The highest BCUT2D eigenvalue weighted by Crippen LogP contribution is 2.27. The fourth-order valence-electron chi connectivity index (χ4n) is 5.60. The molecule has 1 unspecified atom stereocenters. The van der Waals surface area contributed by atoms with Gasteiger partial charge in [0.05, 0.1) is 10.6 Å². The largest absolute Gasteiger partial charge is 0.352 e. The molecule has 0 heterocycles. The highest BCUT2D eigenvalue weighted by atomic mass is 79.9. The lowest BCUT2D eigenvalue weighted by molar-refractivity contribution is -0.140. The smallest absolute Gasteiger partial charge is 0.264 e. The molecular formula is C35H35BrFN3O4S. The molecule has 10 heteroatoms. The second-order valence-corrected chi connectivity index (χ2v) is 13.9. The van der Waals surface area contributed by atoms with E-state index in [0.29, 0.717) is 0 Å². The number of nitrogens with one attached hydrogen (secondary N) is 1. The van der Waals surface area contributed by atoms with Gasteiger partial charge in [-0.25, -0.2) is 12.8 Å². The van der Waals surface area contributed by atoms with Gasteiger partial charge in [0.25, 0.3) is 10.0 Å². The number of sulfonamides is 1. The Morgan fingerprint density at radius 1 is 0.822 bits per heavy atom. The summed E-state index contributed by atoms with van der Waals surface area (Å²) in [4.78, 5) is 29.8. The molecule has 234 valence electrons. The Morgan fingerprint density at radius 2 is 1.42 bits per heavy atom. The van der Waals surface area contributed by atoms with Crippen molar-refractivity contribution in [3.8, 4) is 0 Å². The second-order valence-electron chi connectivity index (χ2n) is 11.1. The van der Waals surface area contributed by atoms with E-state index in [1.165, 1.54) is 35.2 Å². The zero-order valence-corrected chi connectivity index (χ0v) is 27.1. The van der Waals surface area contributed by atoms with Crippen LogP contribution in [0.1, 0.15) is 36.8 Å². The molecule has 0 aliphatic heterocycles. The summed E-state index contributed by atoms with van der Waals surface area (Å²) in [6, 6.07) is 28.9. The van der Waals surface area contributed by atoms with E-state index in [2.05, 4.69) is 21.2 Å². The number of carbonyl (C=O) groups excluding carboxylic acids is 2. The van der Waals surface area contributed by atoms with Crippen molar-refractivity contribution >= 4 is 43.5 Å². The minimum atomic E-state index is -4.37. The molecule has 0 radical (unpaired) electrons. The lowest BCUT2D eigenvalue weighted by Crippen LogP contribution is -2.54. The summed E-state index contributed by atoms with van der Waals surface area (Å²) < 4.78 is 44.8. The topological polar surface area (TPSA) is 86.8 Å². The average Bonchev–Trinajstić information content (AvgIpc) is 3.56. The van der Waals surface area contributed by atoms with Crippen LogP contribution in [-0.2, 0) is 32.6 Å². The van der Waals surface area contributed by atoms with Crippen molar-refractivity contribution in [1.29, 1.82) is 0 Å². The van der Waals surface area contributed by atoms with Gasteiger partial charge in [-0.05, 0) is 60.4 Å². The number of benzene rings is 4. The first-order chi connectivity index (χ1) is 21.7. The molecule has 0 saturated heterocycles. The molecule has 4 aromatic carbocycles. The van der Waals surface area contributed by atoms with Crippen LogP contribution in [0.3, 0.4) is 0 Å². The van der Waals surface area contributed by atoms with Crippen molar-refractivity contribution in [3.63, 3.8) is 0 Å². The molecule has 1 saturated carbocycles. The molecule has 0 spiro atoms. The Balaban J connectivity index is 1.56. The molecule has 1 atom stereocenters. The van der Waals surface area contributed by atoms with Crippen LogP contribution in [0.2, 0.25) is 0 Å². The maximum atomic E-state index is 15.2. The van der Waals surface area contributed by atoms with E-state index in [0.717, 1.165) is 51.7 Å². The Labute approximate surface area is 272 Å². The molecule has 0 aromatic heterocycles. The Bertz CT molecular complexity index is 1700. The molecule has 1 aliphatic carbocycles. The zero-order valence-electron chi connectivity index (χ0n) is 24.7. The van der Waals surface area contributed by atoms with Gasteiger partial charge in [0.15, 0.2) is 0 Å². The van der Waals surface area contributed by atoms with Crippen molar-refractivity contribution in [2.24, 2.45) is 0 Å². The average molecular weight is 693 g/mol. The number of rotatable bonds is 12. The van der Waals surface area contributed by atoms with Crippen LogP contribution < -0.4 is 9.62 Å². The van der Waals surface area contributed by atoms with E-state index in [-0.39, 0.29) is 35.5 Å². The lowest BCUT2D eigenvalue weighted by atomic mass is 10.0. The van der Waals surface area contributed by atoms with Crippen LogP contribution in [0.5, 0.6) is 0 Å². The fraction of sp³-hybridized carbons (Fsp3) is 0.257. The third-order valence-corrected chi connectivity index (χ3v) is 10.3. The van der Waals surface area contributed by atoms with Gasteiger partial charge in [-0.2, -0.15) is 0 Å². The van der Waals surface area contributed by atoms with E-state index < -0.39 is 34.3 Å². The summed E-state index contributed by atoms with van der Waals surface area (Å²) in [5, 5.41) is 3.15. The summed E-state index contributed by atoms with van der Waals surface area (Å²) in [5.74, 6) is -1.73. The van der Waals surface area contributed by atoms with Crippen LogP contribution in [-0.4, -0.2) is 43.8 Å². The van der Waals surface area contributed by atoms with Gasteiger partial charge in [-0.1, -0.05) is 102 Å². The van der Waals surface area contributed by atoms with E-state index in [1.807, 2.05) is 54.6 Å². The summed E-state index contributed by atoms with van der Waals surface area (Å²) in [7, 11) is -4.37. The van der Waals surface area contributed by atoms with Crippen LogP contribution in [0, 0.1) is 5.82 Å². The molecule has 7 nitrogen and oxygen atoms in total. The van der Waals surface area contributed by atoms with Gasteiger partial charge in [0, 0.05) is 23.5 Å². The first-order valence-electron chi connectivity index (χ1n) is 14.9. The van der Waals surface area contributed by atoms with E-state index in [9.17, 15) is 18.0 Å². The summed E-state index contributed by atoms with van der Waals surface area (Å²) >= 11 is 3.44. The number of hydrogen-bond donors (Lipinski definition) is 1. The highest BCUT2D eigenvalue weighted by Gasteiger charge is 2.36. The molecule has 4 aromatic rings. The minimum absolute atomic E-state index is 0.00813. The molecule has 1 N–H and O–H groups in total. The zero-order chi connectivity index (χ0) is 31.8. The molecule has 1 aliphatic rings. The van der Waals surface area contributed by atoms with Crippen molar-refractivity contribution in [3.05, 3.63) is 131 Å². The predicted molar refractivity (Wildman–Crippen MR) is 176 cm³/mol. The van der Waals surface area contributed by atoms with Gasteiger partial charge >= 0.3 is 0 Å². The summed E-state index contributed by atoms with van der Waals surface area (Å²) in [6.45, 7) is -0.672. The SMILES string of the molecule is O=C(NC1CCCC1)C(Cc1ccccc1)N(Cc1ccc(Br)cc1)C(=O)CN(c1ccccc1F)S(=O)(=O)c1ccccc1. The van der Waals surface area contributed by atoms with E-state index in [1.54, 1.807) is 18.2 Å². The Kier molecular flexibility index (Phi) is 10.7. The monoisotopic (exact) mass is 691 g/mol. The van der Waals surface area contributed by atoms with E-state index in [4.69, 9.17) is 0 Å². The van der Waals surface area contributed by atoms with Crippen molar-refractivity contribution in [2.45, 2.75) is 55.6 Å². The number of nitrogens with zero attached hydrogens (tertiary/aromatic N) is 2. The van der Waals surface area contributed by atoms with Crippen LogP contribution in [0.25, 0.3) is 0 Å². The molecule has 1 fully saturated rings. The highest BCUT2D eigenvalue weighted by molar-refractivity contribution is 9.10. The van der Waals surface area contributed by atoms with Crippen LogP contribution in [0.4, 0.5) is 10.1 Å². The standard InChI is InChI=1S/C35H35BrFN3O4S/c36-28-21-19-27(20-22-28)24-39(33(23-26-11-3-1-4-12-26)35(42)38-29-13-7-8-14-29)34(41)25-40(32-18-10-9-17-31(32)37)45(43,44)30-15-5-2-6-16-30/h1-6,9-12,15-22,29,33H,7-8,13-14,23-25H2,(H,38,42). The Morgan fingerprint density at radius 3 is 2.07 bits per heavy atom. The quantitative estimate of drug-likeness (QED) is 0.184. The number of halogens is 2. The van der Waals surface area contributed by atoms with Crippen LogP contribution >= 0.6 is 15.9 Å². The fourth-order valence-corrected chi connectivity index (χ4v) is 7.30. The number of hydrogen-bond acceptors (Lipinski definition) is 4. The normalized spacial score (nSPS) is 14.1. The van der Waals surface area contributed by atoms with Gasteiger partial charge in [0.1, 0.15) is 18.4 Å². The number of amides is 2. The van der Waals surface area contributed by atoms with Gasteiger partial charge in [0.2, 0.25) is 11.8 Å². The molecule has 45 heavy (non-hydrogen) atoms. The van der Waals surface area contributed by atoms with Crippen LogP contribution in [0.15, 0.2) is 119 Å². The lowest BCUT2D eigenvalue weighted by Gasteiger charge is -2.34. The summed E-state index contributed by atoms with van der Waals surface area (Å²) in [5.41, 5.74) is 1.34. The number of para-hydroxylation sites is 1. The van der Waals surface area contributed by atoms with Gasteiger partial charge in [-0.3, -0.25) is 13.9 Å². The number of carbonyl (C=O) groups is 2. The molecule has 0 bridgehead atoms. The minimum Gasteiger partial charge on any atom is -0.352 e. The van der Waals surface area contributed by atoms with Gasteiger partial charge in [-0.15, -0.1) is 0 Å². The third-order valence-electron chi connectivity index (χ3n) is 7.97. The molecule has 2 amide bonds.